The summed E-state index contributed by atoms with van der Waals surface area (Å²) in [7, 11) is 0. The topological polar surface area (TPSA) is 84.7 Å². The number of amides is 1. The first-order valence-corrected chi connectivity index (χ1v) is 7.54. The standard InChI is InChI=1S/C15H19N3O4.ClH/c19-15(17-11-4-5-13(17)9-16-7-6-11)10-22-14-3-1-2-12(8-14)18(20)21;/h1-3,8,11,13,16H,4-7,9-10H2;1H. The highest BCUT2D eigenvalue weighted by Gasteiger charge is 2.37. The Kier molecular flexibility index (Phi) is 5.79. The zero-order valence-electron chi connectivity index (χ0n) is 12.6. The van der Waals surface area contributed by atoms with Crippen LogP contribution in [0.4, 0.5) is 5.69 Å². The summed E-state index contributed by atoms with van der Waals surface area (Å²) < 4.78 is 5.46. The van der Waals surface area contributed by atoms with E-state index < -0.39 is 4.92 Å². The quantitative estimate of drug-likeness (QED) is 0.666. The van der Waals surface area contributed by atoms with Gasteiger partial charge in [0.15, 0.2) is 6.61 Å². The van der Waals surface area contributed by atoms with Gasteiger partial charge in [0.2, 0.25) is 0 Å². The number of carbonyl (C=O) groups excluding carboxylic acids is 1. The normalized spacial score (nSPS) is 22.9. The van der Waals surface area contributed by atoms with Crippen LogP contribution < -0.4 is 10.1 Å². The molecular weight excluding hydrogens is 322 g/mol. The van der Waals surface area contributed by atoms with Crippen molar-refractivity contribution in [2.24, 2.45) is 0 Å². The fourth-order valence-electron chi connectivity index (χ4n) is 3.30. The minimum Gasteiger partial charge on any atom is -0.484 e. The lowest BCUT2D eigenvalue weighted by atomic mass is 10.1. The SMILES string of the molecule is Cl.O=C(COc1cccc([N+](=O)[O-])c1)N1C2CCNCC1CC2. The largest absolute Gasteiger partial charge is 0.484 e. The van der Waals surface area contributed by atoms with Gasteiger partial charge in [0, 0.05) is 24.7 Å². The molecule has 2 heterocycles. The second-order valence-corrected chi connectivity index (χ2v) is 5.72. The minimum absolute atomic E-state index is 0. The van der Waals surface area contributed by atoms with Crippen molar-refractivity contribution in [3.05, 3.63) is 34.4 Å². The molecule has 126 valence electrons. The molecule has 2 saturated heterocycles. The molecule has 2 atom stereocenters. The number of nitrogens with one attached hydrogen (secondary N) is 1. The fourth-order valence-corrected chi connectivity index (χ4v) is 3.30. The third kappa shape index (κ3) is 3.92. The van der Waals surface area contributed by atoms with Crippen molar-refractivity contribution in [2.75, 3.05) is 19.7 Å². The highest BCUT2D eigenvalue weighted by molar-refractivity contribution is 5.85. The van der Waals surface area contributed by atoms with Crippen LogP contribution in [0.15, 0.2) is 24.3 Å². The summed E-state index contributed by atoms with van der Waals surface area (Å²) in [5, 5.41) is 14.1. The van der Waals surface area contributed by atoms with E-state index in [0.29, 0.717) is 11.8 Å². The lowest BCUT2D eigenvalue weighted by Gasteiger charge is -2.27. The predicted molar refractivity (Wildman–Crippen MR) is 87.0 cm³/mol. The highest BCUT2D eigenvalue weighted by Crippen LogP contribution is 2.28. The van der Waals surface area contributed by atoms with Gasteiger partial charge in [0.25, 0.3) is 11.6 Å². The monoisotopic (exact) mass is 341 g/mol. The summed E-state index contributed by atoms with van der Waals surface area (Å²) in [5.41, 5.74) is -0.0380. The van der Waals surface area contributed by atoms with Gasteiger partial charge in [-0.15, -0.1) is 12.4 Å². The maximum absolute atomic E-state index is 12.4. The van der Waals surface area contributed by atoms with E-state index in [4.69, 9.17) is 4.74 Å². The van der Waals surface area contributed by atoms with Crippen LogP contribution >= 0.6 is 12.4 Å². The minimum atomic E-state index is -0.477. The van der Waals surface area contributed by atoms with Crippen LogP contribution in [-0.2, 0) is 4.79 Å². The third-order valence-electron chi connectivity index (χ3n) is 4.33. The number of benzene rings is 1. The van der Waals surface area contributed by atoms with E-state index in [2.05, 4.69) is 5.32 Å². The number of nitrogens with zero attached hydrogens (tertiary/aromatic N) is 2. The molecule has 3 rings (SSSR count). The Bertz CT molecular complexity index is 570. The van der Waals surface area contributed by atoms with E-state index in [1.807, 2.05) is 4.90 Å². The molecule has 0 saturated carbocycles. The van der Waals surface area contributed by atoms with Gasteiger partial charge in [-0.3, -0.25) is 14.9 Å². The summed E-state index contributed by atoms with van der Waals surface area (Å²) in [6.45, 7) is 1.70. The Hall–Kier alpha value is -1.86. The zero-order chi connectivity index (χ0) is 15.5. The van der Waals surface area contributed by atoms with Gasteiger partial charge in [0.05, 0.1) is 11.0 Å². The molecule has 0 aromatic heterocycles. The molecule has 1 aromatic carbocycles. The molecule has 1 N–H and O–H groups in total. The molecule has 0 spiro atoms. The molecule has 2 unspecified atom stereocenters. The number of non-ortho nitro benzene ring substituents is 1. The number of carbonyl (C=O) groups is 1. The van der Waals surface area contributed by atoms with E-state index in [9.17, 15) is 14.9 Å². The average molecular weight is 342 g/mol. The Balaban J connectivity index is 0.00000192. The molecule has 2 aliphatic rings. The Morgan fingerprint density at radius 1 is 1.35 bits per heavy atom. The first kappa shape index (κ1) is 17.5. The maximum Gasteiger partial charge on any atom is 0.273 e. The third-order valence-corrected chi connectivity index (χ3v) is 4.33. The van der Waals surface area contributed by atoms with Crippen molar-refractivity contribution in [3.8, 4) is 5.75 Å². The Morgan fingerprint density at radius 2 is 2.13 bits per heavy atom. The number of ether oxygens (including phenoxy) is 1. The lowest BCUT2D eigenvalue weighted by molar-refractivity contribution is -0.384. The predicted octanol–water partition coefficient (Wildman–Crippen LogP) is 1.75. The van der Waals surface area contributed by atoms with Crippen molar-refractivity contribution in [1.29, 1.82) is 0 Å². The van der Waals surface area contributed by atoms with Gasteiger partial charge in [-0.1, -0.05) is 6.07 Å². The summed E-state index contributed by atoms with van der Waals surface area (Å²) >= 11 is 0. The smallest absolute Gasteiger partial charge is 0.273 e. The van der Waals surface area contributed by atoms with Crippen LogP contribution in [0.3, 0.4) is 0 Å². The molecule has 2 bridgehead atoms. The molecule has 2 fully saturated rings. The van der Waals surface area contributed by atoms with Gasteiger partial charge in [-0.2, -0.15) is 0 Å². The van der Waals surface area contributed by atoms with Crippen molar-refractivity contribution >= 4 is 24.0 Å². The van der Waals surface area contributed by atoms with Gasteiger partial charge in [-0.25, -0.2) is 0 Å². The number of hydrogen-bond acceptors (Lipinski definition) is 5. The van der Waals surface area contributed by atoms with Gasteiger partial charge >= 0.3 is 0 Å². The van der Waals surface area contributed by atoms with Crippen molar-refractivity contribution < 1.29 is 14.5 Å². The highest BCUT2D eigenvalue weighted by atomic mass is 35.5. The van der Waals surface area contributed by atoms with E-state index in [1.165, 1.54) is 12.1 Å². The van der Waals surface area contributed by atoms with Crippen LogP contribution in [0.1, 0.15) is 19.3 Å². The summed E-state index contributed by atoms with van der Waals surface area (Å²) in [5.74, 6) is 0.311. The van der Waals surface area contributed by atoms with E-state index in [1.54, 1.807) is 12.1 Å². The number of nitro benzene ring substituents is 1. The number of rotatable bonds is 4. The molecule has 2 aliphatic heterocycles. The van der Waals surface area contributed by atoms with Crippen molar-refractivity contribution in [3.63, 3.8) is 0 Å². The zero-order valence-corrected chi connectivity index (χ0v) is 13.5. The van der Waals surface area contributed by atoms with E-state index in [-0.39, 0.29) is 36.7 Å². The Labute approximate surface area is 140 Å². The van der Waals surface area contributed by atoms with Crippen LogP contribution in [0, 0.1) is 10.1 Å². The first-order chi connectivity index (χ1) is 10.6. The molecule has 7 nitrogen and oxygen atoms in total. The molecule has 23 heavy (non-hydrogen) atoms. The Morgan fingerprint density at radius 3 is 2.91 bits per heavy atom. The summed E-state index contributed by atoms with van der Waals surface area (Å²) in [6.07, 6.45) is 3.05. The molecule has 0 aliphatic carbocycles. The molecular formula is C15H20ClN3O4. The molecule has 0 radical (unpaired) electrons. The maximum atomic E-state index is 12.4. The number of fused-ring (bicyclic) bond motifs is 2. The van der Waals surface area contributed by atoms with Gasteiger partial charge < -0.3 is 15.0 Å². The van der Waals surface area contributed by atoms with E-state index >= 15 is 0 Å². The van der Waals surface area contributed by atoms with Crippen molar-refractivity contribution in [1.82, 2.24) is 10.2 Å². The molecule has 1 aromatic rings. The second-order valence-electron chi connectivity index (χ2n) is 5.72. The second kappa shape index (κ2) is 7.61. The molecule has 1 amide bonds. The summed E-state index contributed by atoms with van der Waals surface area (Å²) in [6, 6.07) is 6.45. The van der Waals surface area contributed by atoms with Gasteiger partial charge in [-0.05, 0) is 31.9 Å². The average Bonchev–Trinajstić information content (AvgIpc) is 2.78. The van der Waals surface area contributed by atoms with Crippen LogP contribution in [0.25, 0.3) is 0 Å². The first-order valence-electron chi connectivity index (χ1n) is 7.54. The lowest BCUT2D eigenvalue weighted by Crippen LogP contribution is -2.44. The fraction of sp³-hybridized carbons (Fsp3) is 0.533. The van der Waals surface area contributed by atoms with Crippen LogP contribution in [0.5, 0.6) is 5.75 Å². The van der Waals surface area contributed by atoms with Gasteiger partial charge in [0.1, 0.15) is 5.75 Å². The van der Waals surface area contributed by atoms with E-state index in [0.717, 1.165) is 32.4 Å². The van der Waals surface area contributed by atoms with Crippen molar-refractivity contribution in [2.45, 2.75) is 31.3 Å². The number of halogens is 1. The van der Waals surface area contributed by atoms with Crippen LogP contribution in [-0.4, -0.2) is 47.5 Å². The number of hydrogen-bond donors (Lipinski definition) is 1. The number of nitro groups is 1. The molecule has 8 heteroatoms. The summed E-state index contributed by atoms with van der Waals surface area (Å²) in [4.78, 5) is 24.6. The van der Waals surface area contributed by atoms with Crippen LogP contribution in [0.2, 0.25) is 0 Å².